The fourth-order valence-corrected chi connectivity index (χ4v) is 3.41. The van der Waals surface area contributed by atoms with Crippen molar-refractivity contribution in [2.75, 3.05) is 19.7 Å². The summed E-state index contributed by atoms with van der Waals surface area (Å²) in [6.07, 6.45) is 1.88. The molecule has 2 N–H and O–H groups in total. The Bertz CT molecular complexity index is 610. The Labute approximate surface area is 134 Å². The highest BCUT2D eigenvalue weighted by Crippen LogP contribution is 2.36. The number of carbonyl (C=O) groups is 1. The van der Waals surface area contributed by atoms with E-state index >= 15 is 0 Å². The van der Waals surface area contributed by atoms with Crippen molar-refractivity contribution in [1.29, 1.82) is 0 Å². The molecule has 1 aliphatic heterocycles. The number of benzene rings is 1. The van der Waals surface area contributed by atoms with Gasteiger partial charge in [0.2, 0.25) is 0 Å². The van der Waals surface area contributed by atoms with Gasteiger partial charge >= 0.3 is 0 Å². The highest BCUT2D eigenvalue weighted by atomic mass is 32.1. The normalized spacial score (nSPS) is 17.1. The Morgan fingerprint density at radius 3 is 2.73 bits per heavy atom. The molecule has 0 spiro atoms. The molecule has 1 atom stereocenters. The monoisotopic (exact) mass is 316 g/mol. The average Bonchev–Trinajstić information content (AvgIpc) is 3.01. The molecular weight excluding hydrogens is 296 g/mol. The number of hydrogen-bond donors (Lipinski definition) is 1. The first-order valence-corrected chi connectivity index (χ1v) is 8.45. The van der Waals surface area contributed by atoms with Crippen LogP contribution in [0.4, 0.5) is 0 Å². The van der Waals surface area contributed by atoms with Gasteiger partial charge in [-0.1, -0.05) is 6.07 Å². The fraction of sp³-hybridized carbons (Fsp3) is 0.353. The number of hydrogen-bond acceptors (Lipinski definition) is 4. The number of nitrogens with two attached hydrogens (primary N) is 1. The van der Waals surface area contributed by atoms with E-state index < -0.39 is 0 Å². The van der Waals surface area contributed by atoms with Gasteiger partial charge in [0.1, 0.15) is 5.75 Å². The van der Waals surface area contributed by atoms with E-state index in [9.17, 15) is 4.79 Å². The summed E-state index contributed by atoms with van der Waals surface area (Å²) in [4.78, 5) is 15.8. The Balaban J connectivity index is 1.63. The van der Waals surface area contributed by atoms with Crippen molar-refractivity contribution in [1.82, 2.24) is 4.90 Å². The predicted octanol–water partition coefficient (Wildman–Crippen LogP) is 3.06. The minimum atomic E-state index is 0.0955. The molecule has 1 aromatic carbocycles. The molecule has 22 heavy (non-hydrogen) atoms. The summed E-state index contributed by atoms with van der Waals surface area (Å²) in [5.74, 6) is 0.876. The molecule has 116 valence electrons. The van der Waals surface area contributed by atoms with Crippen molar-refractivity contribution in [2.24, 2.45) is 5.73 Å². The topological polar surface area (TPSA) is 55.6 Å². The van der Waals surface area contributed by atoms with Gasteiger partial charge in [-0.15, -0.1) is 11.3 Å². The van der Waals surface area contributed by atoms with Gasteiger partial charge in [-0.25, -0.2) is 0 Å². The number of nitrogens with zero attached hydrogens (tertiary/aromatic N) is 1. The zero-order valence-corrected chi connectivity index (χ0v) is 13.2. The van der Waals surface area contributed by atoms with Gasteiger partial charge < -0.3 is 15.4 Å². The number of carbonyl (C=O) groups excluding carboxylic acids is 1. The maximum Gasteiger partial charge on any atom is 0.254 e. The van der Waals surface area contributed by atoms with E-state index in [1.54, 1.807) is 11.3 Å². The van der Waals surface area contributed by atoms with Crippen LogP contribution in [0.3, 0.4) is 0 Å². The lowest BCUT2D eigenvalue weighted by Gasteiger charge is -2.40. The third kappa shape index (κ3) is 3.15. The van der Waals surface area contributed by atoms with Crippen LogP contribution in [-0.2, 0) is 0 Å². The average molecular weight is 316 g/mol. The Morgan fingerprint density at radius 1 is 1.32 bits per heavy atom. The Kier molecular flexibility index (Phi) is 4.75. The lowest BCUT2D eigenvalue weighted by Crippen LogP contribution is -2.44. The van der Waals surface area contributed by atoms with E-state index in [1.165, 1.54) is 4.88 Å². The zero-order chi connectivity index (χ0) is 15.4. The minimum absolute atomic E-state index is 0.0955. The van der Waals surface area contributed by atoms with E-state index in [0.29, 0.717) is 18.7 Å². The second-order valence-electron chi connectivity index (χ2n) is 5.33. The molecule has 1 amide bonds. The van der Waals surface area contributed by atoms with Gasteiger partial charge in [0.15, 0.2) is 0 Å². The van der Waals surface area contributed by atoms with Crippen molar-refractivity contribution < 1.29 is 9.53 Å². The van der Waals surface area contributed by atoms with Crippen molar-refractivity contribution in [3.63, 3.8) is 0 Å². The quantitative estimate of drug-likeness (QED) is 0.833. The van der Waals surface area contributed by atoms with Gasteiger partial charge in [-0.05, 0) is 55.1 Å². The number of rotatable bonds is 6. The van der Waals surface area contributed by atoms with E-state index in [0.717, 1.165) is 25.1 Å². The SMILES string of the molecule is NCCCOc1ccc(C(=O)N2CC[C@H]2c2cccs2)cc1. The highest BCUT2D eigenvalue weighted by molar-refractivity contribution is 7.10. The molecule has 1 aliphatic rings. The zero-order valence-electron chi connectivity index (χ0n) is 12.4. The van der Waals surface area contributed by atoms with E-state index in [2.05, 4.69) is 11.4 Å². The molecule has 3 rings (SSSR count). The lowest BCUT2D eigenvalue weighted by molar-refractivity contribution is 0.0468. The van der Waals surface area contributed by atoms with Crippen molar-refractivity contribution in [2.45, 2.75) is 18.9 Å². The van der Waals surface area contributed by atoms with Crippen LogP contribution >= 0.6 is 11.3 Å². The van der Waals surface area contributed by atoms with Gasteiger partial charge in [0, 0.05) is 17.0 Å². The molecule has 2 heterocycles. The standard InChI is InChI=1S/C17H20N2O2S/c18-9-2-11-21-14-6-4-13(5-7-14)17(20)19-10-8-15(19)16-3-1-12-22-16/h1,3-7,12,15H,2,8-11,18H2/t15-/m0/s1. The van der Waals surface area contributed by atoms with Crippen LogP contribution in [0.5, 0.6) is 5.75 Å². The van der Waals surface area contributed by atoms with Gasteiger partial charge in [0.25, 0.3) is 5.91 Å². The maximum atomic E-state index is 12.6. The lowest BCUT2D eigenvalue weighted by atomic mass is 9.99. The second kappa shape index (κ2) is 6.94. The van der Waals surface area contributed by atoms with Crippen LogP contribution in [0.1, 0.15) is 34.1 Å². The molecule has 1 aromatic heterocycles. The first kappa shape index (κ1) is 15.1. The molecule has 0 bridgehead atoms. The third-order valence-electron chi connectivity index (χ3n) is 3.87. The number of likely N-dealkylation sites (tertiary alicyclic amines) is 1. The Morgan fingerprint density at radius 2 is 2.14 bits per heavy atom. The molecule has 0 unspecified atom stereocenters. The van der Waals surface area contributed by atoms with Gasteiger partial charge in [0.05, 0.1) is 12.6 Å². The third-order valence-corrected chi connectivity index (χ3v) is 4.84. The summed E-state index contributed by atoms with van der Waals surface area (Å²) in [7, 11) is 0. The smallest absolute Gasteiger partial charge is 0.254 e. The van der Waals surface area contributed by atoms with E-state index in [-0.39, 0.29) is 11.9 Å². The summed E-state index contributed by atoms with van der Waals surface area (Å²) in [5.41, 5.74) is 6.15. The van der Waals surface area contributed by atoms with Crippen LogP contribution < -0.4 is 10.5 Å². The Hall–Kier alpha value is -1.85. The first-order valence-electron chi connectivity index (χ1n) is 7.57. The van der Waals surface area contributed by atoms with Gasteiger partial charge in [-0.3, -0.25) is 4.79 Å². The van der Waals surface area contributed by atoms with Crippen LogP contribution in [0, 0.1) is 0 Å². The van der Waals surface area contributed by atoms with Crippen LogP contribution in [0.25, 0.3) is 0 Å². The van der Waals surface area contributed by atoms with Crippen LogP contribution in [0.2, 0.25) is 0 Å². The summed E-state index contributed by atoms with van der Waals surface area (Å²) in [6.45, 7) is 2.06. The first-order chi connectivity index (χ1) is 10.8. The second-order valence-corrected chi connectivity index (χ2v) is 6.31. The summed E-state index contributed by atoms with van der Waals surface area (Å²) in [6, 6.07) is 11.8. The van der Waals surface area contributed by atoms with Crippen molar-refractivity contribution in [3.05, 3.63) is 52.2 Å². The summed E-state index contributed by atoms with van der Waals surface area (Å²) < 4.78 is 5.56. The summed E-state index contributed by atoms with van der Waals surface area (Å²) in [5, 5.41) is 2.06. The van der Waals surface area contributed by atoms with Gasteiger partial charge in [-0.2, -0.15) is 0 Å². The van der Waals surface area contributed by atoms with Crippen LogP contribution in [-0.4, -0.2) is 30.5 Å². The molecule has 0 radical (unpaired) electrons. The fourth-order valence-electron chi connectivity index (χ4n) is 2.54. The number of amides is 1. The molecule has 1 fully saturated rings. The molecule has 1 saturated heterocycles. The highest BCUT2D eigenvalue weighted by Gasteiger charge is 2.34. The summed E-state index contributed by atoms with van der Waals surface area (Å²) >= 11 is 1.71. The largest absolute Gasteiger partial charge is 0.494 e. The number of ether oxygens (including phenoxy) is 1. The molecule has 4 nitrogen and oxygen atoms in total. The van der Waals surface area contributed by atoms with E-state index in [4.69, 9.17) is 10.5 Å². The number of thiophene rings is 1. The van der Waals surface area contributed by atoms with Crippen LogP contribution in [0.15, 0.2) is 41.8 Å². The minimum Gasteiger partial charge on any atom is -0.494 e. The maximum absolute atomic E-state index is 12.6. The molecular formula is C17H20N2O2S. The molecule has 0 saturated carbocycles. The van der Waals surface area contributed by atoms with E-state index in [1.807, 2.05) is 35.2 Å². The molecule has 2 aromatic rings. The predicted molar refractivity (Wildman–Crippen MR) is 88.3 cm³/mol. The van der Waals surface area contributed by atoms with Crippen molar-refractivity contribution >= 4 is 17.2 Å². The van der Waals surface area contributed by atoms with Crippen molar-refractivity contribution in [3.8, 4) is 5.75 Å². The molecule has 5 heteroatoms. The molecule has 0 aliphatic carbocycles.